The van der Waals surface area contributed by atoms with Crippen LogP contribution in [0.3, 0.4) is 0 Å². The number of nitrogens with zero attached hydrogens (tertiary/aromatic N) is 2. The van der Waals surface area contributed by atoms with Crippen molar-refractivity contribution in [2.75, 3.05) is 6.54 Å². The summed E-state index contributed by atoms with van der Waals surface area (Å²) in [6, 6.07) is 10.8. The first-order chi connectivity index (χ1) is 11.7. The van der Waals surface area contributed by atoms with Gasteiger partial charge in [0.2, 0.25) is 0 Å². The molecule has 1 heterocycles. The second-order valence-corrected chi connectivity index (χ2v) is 5.79. The normalized spacial score (nSPS) is 12.9. The molecule has 2 aromatic rings. The average molecular weight is 328 g/mol. The van der Waals surface area contributed by atoms with Gasteiger partial charge in [-0.05, 0) is 37.8 Å². The fourth-order valence-corrected chi connectivity index (χ4v) is 2.40. The first-order valence-corrected chi connectivity index (χ1v) is 8.74. The summed E-state index contributed by atoms with van der Waals surface area (Å²) in [6.07, 6.45) is 1.93. The van der Waals surface area contributed by atoms with Crippen molar-refractivity contribution < 1.29 is 4.52 Å². The summed E-state index contributed by atoms with van der Waals surface area (Å²) in [7, 11) is 0. The van der Waals surface area contributed by atoms with Crippen LogP contribution in [0, 0.1) is 0 Å². The zero-order chi connectivity index (χ0) is 17.4. The summed E-state index contributed by atoms with van der Waals surface area (Å²) < 4.78 is 5.29. The lowest BCUT2D eigenvalue weighted by Crippen LogP contribution is -2.38. The minimum absolute atomic E-state index is 0.176. The highest BCUT2D eigenvalue weighted by molar-refractivity contribution is 5.80. The Balaban J connectivity index is 2.01. The van der Waals surface area contributed by atoms with E-state index in [0.717, 1.165) is 36.8 Å². The fraction of sp³-hybridized carbons (Fsp3) is 0.474. The molecule has 0 saturated carbocycles. The lowest BCUT2D eigenvalue weighted by molar-refractivity contribution is 0.379. The van der Waals surface area contributed by atoms with Crippen molar-refractivity contribution in [2.45, 2.75) is 53.1 Å². The van der Waals surface area contributed by atoms with E-state index < -0.39 is 0 Å². The molecule has 0 amide bonds. The van der Waals surface area contributed by atoms with E-state index in [1.807, 2.05) is 6.07 Å². The smallest absolute Gasteiger partial charge is 0.192 e. The van der Waals surface area contributed by atoms with E-state index >= 15 is 0 Å². The number of hydrogen-bond acceptors (Lipinski definition) is 3. The number of aryl methyl sites for hydroxylation is 2. The maximum Gasteiger partial charge on any atom is 0.192 e. The minimum atomic E-state index is 0.176. The quantitative estimate of drug-likeness (QED) is 0.602. The van der Waals surface area contributed by atoms with Crippen LogP contribution in [0.2, 0.25) is 0 Å². The molecule has 1 unspecified atom stereocenters. The number of benzene rings is 1. The standard InChI is InChI=1S/C19H28N4O/c1-5-15-8-10-16(11-9-15)14(4)22-19(20-7-3)21-13-18-12-17(6-2)23-24-18/h8-12,14H,5-7,13H2,1-4H3,(H2,20,21,22). The van der Waals surface area contributed by atoms with E-state index in [-0.39, 0.29) is 6.04 Å². The van der Waals surface area contributed by atoms with Gasteiger partial charge in [-0.1, -0.05) is 43.3 Å². The van der Waals surface area contributed by atoms with Crippen LogP contribution in [0.25, 0.3) is 0 Å². The van der Waals surface area contributed by atoms with Crippen molar-refractivity contribution in [3.8, 4) is 0 Å². The molecule has 0 aliphatic heterocycles. The van der Waals surface area contributed by atoms with Gasteiger partial charge in [0, 0.05) is 12.6 Å². The van der Waals surface area contributed by atoms with Crippen LogP contribution in [0.5, 0.6) is 0 Å². The summed E-state index contributed by atoms with van der Waals surface area (Å²) in [5, 5.41) is 10.7. The molecule has 0 aliphatic carbocycles. The van der Waals surface area contributed by atoms with Crippen LogP contribution < -0.4 is 10.6 Å². The van der Waals surface area contributed by atoms with Crippen LogP contribution >= 0.6 is 0 Å². The summed E-state index contributed by atoms with van der Waals surface area (Å²) >= 11 is 0. The van der Waals surface area contributed by atoms with Crippen molar-refractivity contribution in [2.24, 2.45) is 4.99 Å². The number of nitrogens with one attached hydrogen (secondary N) is 2. The zero-order valence-corrected chi connectivity index (χ0v) is 15.1. The topological polar surface area (TPSA) is 62.5 Å². The molecule has 0 saturated heterocycles. The predicted molar refractivity (Wildman–Crippen MR) is 98.1 cm³/mol. The molecule has 2 rings (SSSR count). The first-order valence-electron chi connectivity index (χ1n) is 8.74. The molecule has 130 valence electrons. The van der Waals surface area contributed by atoms with Gasteiger partial charge in [0.05, 0.1) is 11.7 Å². The number of rotatable bonds is 7. The van der Waals surface area contributed by atoms with Crippen molar-refractivity contribution in [3.63, 3.8) is 0 Å². The van der Waals surface area contributed by atoms with Crippen LogP contribution in [-0.2, 0) is 19.4 Å². The van der Waals surface area contributed by atoms with E-state index in [4.69, 9.17) is 4.52 Å². The molecule has 0 bridgehead atoms. The Morgan fingerprint density at radius 1 is 1.17 bits per heavy atom. The monoisotopic (exact) mass is 328 g/mol. The van der Waals surface area contributed by atoms with E-state index in [9.17, 15) is 0 Å². The van der Waals surface area contributed by atoms with Gasteiger partial charge >= 0.3 is 0 Å². The molecule has 0 spiro atoms. The highest BCUT2D eigenvalue weighted by Gasteiger charge is 2.08. The maximum absolute atomic E-state index is 5.29. The maximum atomic E-state index is 5.29. The lowest BCUT2D eigenvalue weighted by Gasteiger charge is -2.18. The Morgan fingerprint density at radius 2 is 1.92 bits per heavy atom. The van der Waals surface area contributed by atoms with Gasteiger partial charge < -0.3 is 15.2 Å². The summed E-state index contributed by atoms with van der Waals surface area (Å²) in [6.45, 7) is 9.70. The van der Waals surface area contributed by atoms with E-state index in [1.165, 1.54) is 11.1 Å². The molecule has 0 aliphatic rings. The average Bonchev–Trinajstić information content (AvgIpc) is 3.08. The third kappa shape index (κ3) is 5.11. The molecule has 5 heteroatoms. The van der Waals surface area contributed by atoms with Crippen LogP contribution in [0.15, 0.2) is 39.8 Å². The van der Waals surface area contributed by atoms with E-state index in [2.05, 4.69) is 72.7 Å². The number of guanidine groups is 1. The predicted octanol–water partition coefficient (Wildman–Crippen LogP) is 3.62. The summed E-state index contributed by atoms with van der Waals surface area (Å²) in [5.41, 5.74) is 3.55. The Labute approximate surface area is 144 Å². The van der Waals surface area contributed by atoms with Gasteiger partial charge in [-0.3, -0.25) is 0 Å². The van der Waals surface area contributed by atoms with Gasteiger partial charge in [-0.15, -0.1) is 0 Å². The lowest BCUT2D eigenvalue weighted by atomic mass is 10.1. The van der Waals surface area contributed by atoms with Crippen LogP contribution in [-0.4, -0.2) is 17.7 Å². The zero-order valence-electron chi connectivity index (χ0n) is 15.1. The van der Waals surface area contributed by atoms with E-state index in [1.54, 1.807) is 0 Å². The van der Waals surface area contributed by atoms with Crippen molar-refractivity contribution >= 4 is 5.96 Å². The van der Waals surface area contributed by atoms with E-state index in [0.29, 0.717) is 6.54 Å². The number of hydrogen-bond donors (Lipinski definition) is 2. The van der Waals surface area contributed by atoms with Crippen LogP contribution in [0.4, 0.5) is 0 Å². The Morgan fingerprint density at radius 3 is 2.50 bits per heavy atom. The van der Waals surface area contributed by atoms with Crippen molar-refractivity contribution in [3.05, 3.63) is 52.9 Å². The number of aliphatic imine (C=N–C) groups is 1. The molecule has 1 atom stereocenters. The third-order valence-corrected chi connectivity index (χ3v) is 3.95. The molecule has 5 nitrogen and oxygen atoms in total. The van der Waals surface area contributed by atoms with Gasteiger partial charge in [0.1, 0.15) is 6.54 Å². The largest absolute Gasteiger partial charge is 0.359 e. The number of aromatic nitrogens is 1. The molecule has 2 N–H and O–H groups in total. The first kappa shape index (κ1) is 18.0. The Hall–Kier alpha value is -2.30. The molecule has 0 fully saturated rings. The SMILES string of the molecule is CCNC(=NCc1cc(CC)no1)NC(C)c1ccc(CC)cc1. The molecular formula is C19H28N4O. The molecule has 1 aromatic heterocycles. The fourth-order valence-electron chi connectivity index (χ4n) is 2.40. The highest BCUT2D eigenvalue weighted by Crippen LogP contribution is 2.14. The molecule has 0 radical (unpaired) electrons. The van der Waals surface area contributed by atoms with Gasteiger partial charge in [-0.2, -0.15) is 0 Å². The minimum Gasteiger partial charge on any atom is -0.359 e. The summed E-state index contributed by atoms with van der Waals surface area (Å²) in [4.78, 5) is 4.59. The highest BCUT2D eigenvalue weighted by atomic mass is 16.5. The van der Waals surface area contributed by atoms with Crippen molar-refractivity contribution in [1.29, 1.82) is 0 Å². The Bertz CT molecular complexity index is 646. The van der Waals surface area contributed by atoms with Crippen molar-refractivity contribution in [1.82, 2.24) is 15.8 Å². The molecule has 1 aromatic carbocycles. The van der Waals surface area contributed by atoms with Gasteiger partial charge in [-0.25, -0.2) is 4.99 Å². The van der Waals surface area contributed by atoms with Crippen LogP contribution in [0.1, 0.15) is 56.3 Å². The summed E-state index contributed by atoms with van der Waals surface area (Å²) in [5.74, 6) is 1.56. The Kier molecular flexibility index (Phi) is 6.85. The van der Waals surface area contributed by atoms with Gasteiger partial charge in [0.25, 0.3) is 0 Å². The van der Waals surface area contributed by atoms with Gasteiger partial charge in [0.15, 0.2) is 11.7 Å². The molecular weight excluding hydrogens is 300 g/mol. The third-order valence-electron chi connectivity index (χ3n) is 3.95. The second kappa shape index (κ2) is 9.11. The molecule has 24 heavy (non-hydrogen) atoms. The second-order valence-electron chi connectivity index (χ2n) is 5.79.